The molecule has 2 unspecified atom stereocenters. The summed E-state index contributed by atoms with van der Waals surface area (Å²) in [6.07, 6.45) is 5.53. The van der Waals surface area contributed by atoms with Crippen LogP contribution in [-0.4, -0.2) is 79.2 Å². The van der Waals surface area contributed by atoms with Gasteiger partial charge in [0.25, 0.3) is 0 Å². The Hall–Kier alpha value is -4.47. The highest BCUT2D eigenvalue weighted by molar-refractivity contribution is 5.99. The number of likely N-dealkylation sites (N-methyl/N-ethyl adjacent to an activating group) is 1. The standard InChI is InChI=1S/C35H35FN6O2/c1-4-30(43)42-14-13-41(19-24(42)18-38-2)34-27-11-10-26(25-9-5-7-21-15-22-16-28(22)31(21)25)32(36)33(27)39-35(29(34)17-37)44-20-23-8-6-12-40(23)3/h4-5,7,9-11,22-24,28H,1,6,8,12-16,18-20H2,3H3/t22?,23-,24-,28?/m0/s1. The normalized spacial score (nSPS) is 24.0. The highest BCUT2D eigenvalue weighted by Crippen LogP contribution is 2.59. The molecule has 1 saturated carbocycles. The summed E-state index contributed by atoms with van der Waals surface area (Å²) >= 11 is 0. The monoisotopic (exact) mass is 590 g/mol. The van der Waals surface area contributed by atoms with Gasteiger partial charge in [-0.15, -0.1) is 0 Å². The average Bonchev–Trinajstić information content (AvgIpc) is 3.51. The van der Waals surface area contributed by atoms with Gasteiger partial charge >= 0.3 is 0 Å². The van der Waals surface area contributed by atoms with Gasteiger partial charge in [0, 0.05) is 36.6 Å². The molecule has 1 aromatic heterocycles. The first-order chi connectivity index (χ1) is 21.4. The van der Waals surface area contributed by atoms with E-state index in [1.165, 1.54) is 17.2 Å². The molecule has 2 aliphatic carbocycles. The van der Waals surface area contributed by atoms with E-state index >= 15 is 4.39 Å². The molecule has 224 valence electrons. The lowest BCUT2D eigenvalue weighted by atomic mass is 9.92. The quantitative estimate of drug-likeness (QED) is 0.279. The fourth-order valence-corrected chi connectivity index (χ4v) is 7.67. The largest absolute Gasteiger partial charge is 0.475 e. The fraction of sp³-hybridized carbons (Fsp3) is 0.429. The van der Waals surface area contributed by atoms with E-state index in [9.17, 15) is 10.1 Å². The van der Waals surface area contributed by atoms with Crippen molar-refractivity contribution in [2.75, 3.05) is 51.3 Å². The first kappa shape index (κ1) is 28.3. The summed E-state index contributed by atoms with van der Waals surface area (Å²) in [5.41, 5.74) is 4.95. The third-order valence-corrected chi connectivity index (χ3v) is 10.1. The van der Waals surface area contributed by atoms with Crippen molar-refractivity contribution in [1.29, 1.82) is 5.26 Å². The molecule has 9 heteroatoms. The zero-order valence-electron chi connectivity index (χ0n) is 24.9. The van der Waals surface area contributed by atoms with Crippen LogP contribution in [0.25, 0.3) is 26.9 Å². The predicted octanol–water partition coefficient (Wildman–Crippen LogP) is 5.17. The zero-order chi connectivity index (χ0) is 30.5. The number of hydrogen-bond acceptors (Lipinski definition) is 6. The highest BCUT2D eigenvalue weighted by Gasteiger charge is 2.46. The molecule has 1 amide bonds. The van der Waals surface area contributed by atoms with Crippen LogP contribution in [0.2, 0.25) is 0 Å². The lowest BCUT2D eigenvalue weighted by molar-refractivity contribution is -0.128. The molecule has 2 aromatic carbocycles. The number of fused-ring (bicyclic) bond motifs is 4. The van der Waals surface area contributed by atoms with Crippen molar-refractivity contribution in [3.63, 3.8) is 0 Å². The number of halogens is 1. The molecular weight excluding hydrogens is 555 g/mol. The van der Waals surface area contributed by atoms with Crippen molar-refractivity contribution < 1.29 is 13.9 Å². The number of pyridine rings is 1. The smallest absolute Gasteiger partial charge is 0.246 e. The minimum absolute atomic E-state index is 0.109. The number of hydrogen-bond donors (Lipinski definition) is 0. The van der Waals surface area contributed by atoms with Crippen LogP contribution in [0.15, 0.2) is 43.0 Å². The number of nitrogens with zero attached hydrogens (tertiary/aromatic N) is 6. The molecule has 4 aliphatic rings. The Bertz CT molecular complexity index is 1760. The second-order valence-electron chi connectivity index (χ2n) is 12.5. The van der Waals surface area contributed by atoms with Crippen molar-refractivity contribution in [3.05, 3.63) is 76.9 Å². The molecule has 7 rings (SSSR count). The molecule has 8 nitrogen and oxygen atoms in total. The number of anilines is 1. The summed E-state index contributed by atoms with van der Waals surface area (Å²) in [7, 11) is 2.06. The number of aromatic nitrogens is 1. The number of likely N-dealkylation sites (tertiary alicyclic amines) is 1. The van der Waals surface area contributed by atoms with Crippen molar-refractivity contribution in [3.8, 4) is 23.1 Å². The van der Waals surface area contributed by atoms with E-state index in [-0.39, 0.29) is 35.5 Å². The minimum Gasteiger partial charge on any atom is -0.475 e. The molecule has 44 heavy (non-hydrogen) atoms. The third kappa shape index (κ3) is 4.67. The molecule has 4 atom stereocenters. The van der Waals surface area contributed by atoms with Gasteiger partial charge in [0.15, 0.2) is 5.82 Å². The van der Waals surface area contributed by atoms with Gasteiger partial charge in [0.1, 0.15) is 29.8 Å². The second-order valence-corrected chi connectivity index (χ2v) is 12.5. The Labute approximate surface area is 257 Å². The van der Waals surface area contributed by atoms with Crippen LogP contribution in [-0.2, 0) is 11.2 Å². The molecule has 0 radical (unpaired) electrons. The number of piperazine rings is 1. The van der Waals surface area contributed by atoms with E-state index in [0.29, 0.717) is 54.7 Å². The van der Waals surface area contributed by atoms with Gasteiger partial charge < -0.3 is 24.3 Å². The molecule has 0 N–H and O–H groups in total. The highest BCUT2D eigenvalue weighted by atomic mass is 19.1. The number of carbonyl (C=O) groups excluding carboxylic acids is 1. The summed E-state index contributed by atoms with van der Waals surface area (Å²) < 4.78 is 23.1. The van der Waals surface area contributed by atoms with E-state index in [1.807, 2.05) is 29.2 Å². The van der Waals surface area contributed by atoms with E-state index in [2.05, 4.69) is 35.5 Å². The molecule has 3 fully saturated rings. The van der Waals surface area contributed by atoms with Gasteiger partial charge in [0.05, 0.1) is 5.69 Å². The van der Waals surface area contributed by atoms with Crippen molar-refractivity contribution in [2.24, 2.45) is 5.92 Å². The Morgan fingerprint density at radius 3 is 2.86 bits per heavy atom. The van der Waals surface area contributed by atoms with E-state index in [0.717, 1.165) is 37.8 Å². The first-order valence-corrected chi connectivity index (χ1v) is 15.5. The second kappa shape index (κ2) is 11.2. The number of carbonyl (C=O) groups is 1. The van der Waals surface area contributed by atoms with Crippen molar-refractivity contribution in [2.45, 2.75) is 43.7 Å². The number of ether oxygens (including phenoxy) is 1. The Balaban J connectivity index is 1.36. The molecular formula is C35H35FN6O2. The van der Waals surface area contributed by atoms with Crippen LogP contribution in [0.4, 0.5) is 10.1 Å². The maximum absolute atomic E-state index is 16.8. The Morgan fingerprint density at radius 1 is 1.25 bits per heavy atom. The lowest BCUT2D eigenvalue weighted by Crippen LogP contribution is -2.56. The van der Waals surface area contributed by atoms with Gasteiger partial charge in [-0.05, 0) is 79.9 Å². The fourth-order valence-electron chi connectivity index (χ4n) is 7.67. The maximum atomic E-state index is 16.8. The summed E-state index contributed by atoms with van der Waals surface area (Å²) in [5, 5.41) is 11.0. The Kier molecular flexibility index (Phi) is 7.22. The molecule has 2 aliphatic heterocycles. The van der Waals surface area contributed by atoms with Gasteiger partial charge in [-0.3, -0.25) is 4.79 Å². The van der Waals surface area contributed by atoms with Crippen LogP contribution >= 0.6 is 0 Å². The Morgan fingerprint density at radius 2 is 2.11 bits per heavy atom. The van der Waals surface area contributed by atoms with E-state index in [4.69, 9.17) is 16.3 Å². The van der Waals surface area contributed by atoms with E-state index in [1.54, 1.807) is 4.90 Å². The number of rotatable bonds is 7. The predicted molar refractivity (Wildman–Crippen MR) is 167 cm³/mol. The molecule has 3 heterocycles. The van der Waals surface area contributed by atoms with Crippen LogP contribution < -0.4 is 9.64 Å². The summed E-state index contributed by atoms with van der Waals surface area (Å²) in [5.74, 6) is 0.635. The van der Waals surface area contributed by atoms with Crippen molar-refractivity contribution in [1.82, 2.24) is 14.8 Å². The topological polar surface area (TPSA) is 77.1 Å². The summed E-state index contributed by atoms with van der Waals surface area (Å²) in [6, 6.07) is 12.0. The van der Waals surface area contributed by atoms with Crippen LogP contribution in [0.5, 0.6) is 5.88 Å². The lowest BCUT2D eigenvalue weighted by Gasteiger charge is -2.40. The van der Waals surface area contributed by atoms with E-state index < -0.39 is 11.9 Å². The van der Waals surface area contributed by atoms with Gasteiger partial charge in [-0.1, -0.05) is 30.8 Å². The number of amides is 1. The maximum Gasteiger partial charge on any atom is 0.246 e. The number of benzene rings is 2. The first-order valence-electron chi connectivity index (χ1n) is 15.5. The molecule has 2 saturated heterocycles. The zero-order valence-corrected chi connectivity index (χ0v) is 24.9. The third-order valence-electron chi connectivity index (χ3n) is 10.1. The number of nitriles is 1. The molecule has 0 bridgehead atoms. The molecule has 0 spiro atoms. The average molecular weight is 591 g/mol. The molecule has 3 aromatic rings. The van der Waals surface area contributed by atoms with Crippen LogP contribution in [0.1, 0.15) is 41.9 Å². The van der Waals surface area contributed by atoms with Gasteiger partial charge in [-0.2, -0.15) is 5.26 Å². The van der Waals surface area contributed by atoms with Gasteiger partial charge in [0.2, 0.25) is 18.3 Å². The van der Waals surface area contributed by atoms with Crippen LogP contribution in [0, 0.1) is 29.6 Å². The van der Waals surface area contributed by atoms with Crippen LogP contribution in [0.3, 0.4) is 0 Å². The van der Waals surface area contributed by atoms with Gasteiger partial charge in [-0.25, -0.2) is 15.9 Å². The minimum atomic E-state index is -0.424. The SMILES string of the molecule is [C-]#[N+]C[C@H]1CN(c2c(C#N)c(OC[C@@H]3CCCN3C)nc3c(F)c(-c4cccc5c4C4CC4C5)ccc23)CCN1C(=O)C=C. The van der Waals surface area contributed by atoms with Crippen molar-refractivity contribution >= 4 is 22.5 Å². The summed E-state index contributed by atoms with van der Waals surface area (Å²) in [6.45, 7) is 13.6. The summed E-state index contributed by atoms with van der Waals surface area (Å²) in [4.78, 5) is 26.8.